The van der Waals surface area contributed by atoms with Crippen molar-refractivity contribution in [3.63, 3.8) is 0 Å². The molecular weight excluding hydrogens is 195 g/mol. The first-order valence-corrected chi connectivity index (χ1v) is 4.17. The fourth-order valence-corrected chi connectivity index (χ4v) is 2.39. The molecule has 2 nitrogen and oxygen atoms in total. The second-order valence-corrected chi connectivity index (χ2v) is 3.88. The van der Waals surface area contributed by atoms with E-state index >= 15 is 0 Å². The van der Waals surface area contributed by atoms with Crippen molar-refractivity contribution in [1.82, 2.24) is 10.2 Å². The average molecular weight is 213 g/mol. The second kappa shape index (κ2) is 4.66. The van der Waals surface area contributed by atoms with Gasteiger partial charge in [-0.05, 0) is 39.4 Å². The molecule has 0 aromatic heterocycles. The summed E-state index contributed by atoms with van der Waals surface area (Å²) in [5.74, 6) is 0.984. The van der Waals surface area contributed by atoms with Crippen LogP contribution < -0.4 is 5.32 Å². The molecule has 2 rings (SSSR count). The molecule has 0 aromatic rings. The van der Waals surface area contributed by atoms with Gasteiger partial charge < -0.3 is 10.2 Å². The SMILES string of the molecule is CN(C)[C@H]1C[C@H]2CN[C@@H]1C2.Cl.Cl. The maximum Gasteiger partial charge on any atom is 0.0246 e. The van der Waals surface area contributed by atoms with Crippen molar-refractivity contribution >= 4 is 24.8 Å². The van der Waals surface area contributed by atoms with E-state index in [9.17, 15) is 0 Å². The minimum atomic E-state index is 0. The van der Waals surface area contributed by atoms with Crippen LogP contribution in [0.1, 0.15) is 12.8 Å². The van der Waals surface area contributed by atoms with E-state index in [4.69, 9.17) is 0 Å². The Morgan fingerprint density at radius 1 is 1.17 bits per heavy atom. The van der Waals surface area contributed by atoms with E-state index in [1.807, 2.05) is 0 Å². The van der Waals surface area contributed by atoms with Gasteiger partial charge in [0.25, 0.3) is 0 Å². The summed E-state index contributed by atoms with van der Waals surface area (Å²) in [7, 11) is 4.38. The lowest BCUT2D eigenvalue weighted by Gasteiger charge is -2.28. The fraction of sp³-hybridized carbons (Fsp3) is 1.00. The number of hydrogen-bond acceptors (Lipinski definition) is 2. The van der Waals surface area contributed by atoms with Crippen LogP contribution in [-0.2, 0) is 0 Å². The first kappa shape index (κ1) is 12.5. The number of halogens is 2. The summed E-state index contributed by atoms with van der Waals surface area (Å²) in [6, 6.07) is 1.62. The molecule has 0 radical (unpaired) electrons. The van der Waals surface area contributed by atoms with E-state index in [1.54, 1.807) is 0 Å². The molecule has 2 aliphatic rings. The summed E-state index contributed by atoms with van der Waals surface area (Å²) in [6.07, 6.45) is 2.84. The van der Waals surface area contributed by atoms with Gasteiger partial charge in [-0.15, -0.1) is 24.8 Å². The summed E-state index contributed by atoms with van der Waals surface area (Å²) >= 11 is 0. The van der Waals surface area contributed by atoms with E-state index in [0.717, 1.165) is 18.0 Å². The molecule has 1 aliphatic heterocycles. The van der Waals surface area contributed by atoms with Gasteiger partial charge in [0.15, 0.2) is 0 Å². The second-order valence-electron chi connectivity index (χ2n) is 3.88. The molecule has 1 aliphatic carbocycles. The van der Waals surface area contributed by atoms with Crippen LogP contribution in [0.15, 0.2) is 0 Å². The third-order valence-corrected chi connectivity index (χ3v) is 2.96. The topological polar surface area (TPSA) is 15.3 Å². The Balaban J connectivity index is 0.000000605. The quantitative estimate of drug-likeness (QED) is 0.702. The summed E-state index contributed by atoms with van der Waals surface area (Å²) in [5, 5.41) is 3.55. The summed E-state index contributed by atoms with van der Waals surface area (Å²) in [4.78, 5) is 2.36. The zero-order chi connectivity index (χ0) is 7.14. The first-order valence-electron chi connectivity index (χ1n) is 4.17. The van der Waals surface area contributed by atoms with Gasteiger partial charge in [-0.25, -0.2) is 0 Å². The molecule has 1 heterocycles. The third kappa shape index (κ3) is 2.05. The number of likely N-dealkylation sites (N-methyl/N-ethyl adjacent to an activating group) is 1. The molecule has 0 amide bonds. The fourth-order valence-electron chi connectivity index (χ4n) is 2.39. The van der Waals surface area contributed by atoms with Crippen LogP contribution in [-0.4, -0.2) is 37.6 Å². The van der Waals surface area contributed by atoms with Crippen molar-refractivity contribution in [2.45, 2.75) is 24.9 Å². The lowest BCUT2D eigenvalue weighted by Crippen LogP contribution is -2.44. The molecule has 1 N–H and O–H groups in total. The smallest absolute Gasteiger partial charge is 0.0246 e. The van der Waals surface area contributed by atoms with Gasteiger partial charge in [0.05, 0.1) is 0 Å². The zero-order valence-electron chi connectivity index (χ0n) is 7.62. The molecule has 0 unspecified atom stereocenters. The molecule has 1 saturated carbocycles. The maximum absolute atomic E-state index is 3.55. The zero-order valence-corrected chi connectivity index (χ0v) is 9.25. The summed E-state index contributed by atoms with van der Waals surface area (Å²) in [5.41, 5.74) is 0. The van der Waals surface area contributed by atoms with E-state index in [-0.39, 0.29) is 24.8 Å². The van der Waals surface area contributed by atoms with E-state index < -0.39 is 0 Å². The van der Waals surface area contributed by atoms with E-state index in [0.29, 0.717) is 0 Å². The Morgan fingerprint density at radius 3 is 2.08 bits per heavy atom. The highest BCUT2D eigenvalue weighted by Gasteiger charge is 2.39. The molecule has 12 heavy (non-hydrogen) atoms. The lowest BCUT2D eigenvalue weighted by atomic mass is 10.1. The van der Waals surface area contributed by atoms with Crippen LogP contribution in [0.25, 0.3) is 0 Å². The Bertz CT molecular complexity index is 141. The molecule has 3 atom stereocenters. The number of nitrogens with zero attached hydrogens (tertiary/aromatic N) is 1. The Kier molecular flexibility index (Phi) is 4.85. The number of hydrogen-bond donors (Lipinski definition) is 1. The van der Waals surface area contributed by atoms with Gasteiger partial charge in [0.1, 0.15) is 0 Å². The van der Waals surface area contributed by atoms with Crippen molar-refractivity contribution < 1.29 is 0 Å². The minimum absolute atomic E-state index is 0. The predicted molar refractivity (Wildman–Crippen MR) is 56.5 cm³/mol. The Labute approximate surface area is 86.9 Å². The van der Waals surface area contributed by atoms with Crippen LogP contribution in [0.2, 0.25) is 0 Å². The van der Waals surface area contributed by atoms with Gasteiger partial charge in [0.2, 0.25) is 0 Å². The van der Waals surface area contributed by atoms with Crippen LogP contribution in [0.4, 0.5) is 0 Å². The molecule has 1 saturated heterocycles. The van der Waals surface area contributed by atoms with Crippen LogP contribution in [0.3, 0.4) is 0 Å². The normalized spacial score (nSPS) is 37.8. The summed E-state index contributed by atoms with van der Waals surface area (Å²) in [6.45, 7) is 1.27. The minimum Gasteiger partial charge on any atom is -0.312 e. The van der Waals surface area contributed by atoms with Crippen LogP contribution >= 0.6 is 24.8 Å². The highest BCUT2D eigenvalue weighted by molar-refractivity contribution is 5.85. The largest absolute Gasteiger partial charge is 0.312 e. The molecule has 4 heteroatoms. The molecule has 2 fully saturated rings. The standard InChI is InChI=1S/C8H16N2.2ClH/c1-10(2)8-4-6-3-7(8)9-5-6;;/h6-9H,3-5H2,1-2H3;2*1H/t6-,7+,8-;;/m0../s1. The van der Waals surface area contributed by atoms with E-state index in [1.165, 1.54) is 19.4 Å². The number of piperidine rings is 1. The maximum atomic E-state index is 3.55. The molecule has 2 bridgehead atoms. The number of rotatable bonds is 1. The number of nitrogens with one attached hydrogen (secondary N) is 1. The molecule has 0 spiro atoms. The van der Waals surface area contributed by atoms with Crippen molar-refractivity contribution in [2.75, 3.05) is 20.6 Å². The third-order valence-electron chi connectivity index (χ3n) is 2.96. The summed E-state index contributed by atoms with van der Waals surface area (Å²) < 4.78 is 0. The van der Waals surface area contributed by atoms with Crippen molar-refractivity contribution in [3.05, 3.63) is 0 Å². The first-order chi connectivity index (χ1) is 4.77. The Hall–Kier alpha value is 0.500. The van der Waals surface area contributed by atoms with Gasteiger partial charge in [-0.2, -0.15) is 0 Å². The Morgan fingerprint density at radius 2 is 1.83 bits per heavy atom. The molecule has 0 aromatic carbocycles. The van der Waals surface area contributed by atoms with Gasteiger partial charge in [0, 0.05) is 12.1 Å². The lowest BCUT2D eigenvalue weighted by molar-refractivity contribution is 0.233. The monoisotopic (exact) mass is 212 g/mol. The van der Waals surface area contributed by atoms with E-state index in [2.05, 4.69) is 24.3 Å². The van der Waals surface area contributed by atoms with Crippen molar-refractivity contribution in [3.8, 4) is 0 Å². The van der Waals surface area contributed by atoms with Gasteiger partial charge in [-0.1, -0.05) is 0 Å². The van der Waals surface area contributed by atoms with Crippen LogP contribution in [0, 0.1) is 5.92 Å². The average Bonchev–Trinajstić information content (AvgIpc) is 2.44. The highest BCUT2D eigenvalue weighted by atomic mass is 35.5. The number of fused-ring (bicyclic) bond motifs is 2. The van der Waals surface area contributed by atoms with Crippen LogP contribution in [0.5, 0.6) is 0 Å². The predicted octanol–water partition coefficient (Wildman–Crippen LogP) is 1.14. The van der Waals surface area contributed by atoms with Crippen molar-refractivity contribution in [2.24, 2.45) is 5.92 Å². The highest BCUT2D eigenvalue weighted by Crippen LogP contribution is 2.33. The van der Waals surface area contributed by atoms with Gasteiger partial charge >= 0.3 is 0 Å². The van der Waals surface area contributed by atoms with Gasteiger partial charge in [-0.3, -0.25) is 0 Å². The van der Waals surface area contributed by atoms with Crippen molar-refractivity contribution in [1.29, 1.82) is 0 Å². The molecule has 74 valence electrons. The molecular formula is C8H18Cl2N2.